The summed E-state index contributed by atoms with van der Waals surface area (Å²) in [5.74, 6) is 0.235. The van der Waals surface area contributed by atoms with E-state index in [9.17, 15) is 9.18 Å². The van der Waals surface area contributed by atoms with Gasteiger partial charge in [-0.2, -0.15) is 0 Å². The lowest BCUT2D eigenvalue weighted by Gasteiger charge is -2.18. The van der Waals surface area contributed by atoms with Crippen LogP contribution in [-0.2, 0) is 4.79 Å². The highest BCUT2D eigenvalue weighted by Gasteiger charge is 2.24. The highest BCUT2D eigenvalue weighted by Crippen LogP contribution is 2.24. The lowest BCUT2D eigenvalue weighted by Crippen LogP contribution is -2.33. The van der Waals surface area contributed by atoms with Gasteiger partial charge in [0.15, 0.2) is 5.16 Å². The van der Waals surface area contributed by atoms with Gasteiger partial charge in [0, 0.05) is 31.7 Å². The molecule has 158 valence electrons. The number of hydrogen-bond acceptors (Lipinski definition) is 6. The summed E-state index contributed by atoms with van der Waals surface area (Å²) in [7, 11) is 1.84. The van der Waals surface area contributed by atoms with E-state index in [0.29, 0.717) is 11.8 Å². The first kappa shape index (κ1) is 21.7. The number of carbonyl (C=O) groups excluding carboxylic acids is 1. The summed E-state index contributed by atoms with van der Waals surface area (Å²) in [6.07, 6.45) is 4.54. The van der Waals surface area contributed by atoms with Gasteiger partial charge in [-0.25, -0.2) is 4.39 Å². The lowest BCUT2D eigenvalue weighted by atomic mass is 10.00. The Morgan fingerprint density at radius 2 is 2.10 bits per heavy atom. The third kappa shape index (κ3) is 6.01. The van der Waals surface area contributed by atoms with Gasteiger partial charge in [0.25, 0.3) is 0 Å². The zero-order valence-corrected chi connectivity index (χ0v) is 18.0. The van der Waals surface area contributed by atoms with Crippen molar-refractivity contribution in [1.82, 2.24) is 30.5 Å². The van der Waals surface area contributed by atoms with Crippen LogP contribution in [-0.4, -0.2) is 51.0 Å². The van der Waals surface area contributed by atoms with Crippen LogP contribution in [0.15, 0.2) is 35.7 Å². The van der Waals surface area contributed by atoms with Crippen molar-refractivity contribution >= 4 is 17.7 Å². The maximum atomic E-state index is 13.1. The average Bonchev–Trinajstić information content (AvgIpc) is 3.36. The van der Waals surface area contributed by atoms with Crippen LogP contribution >= 0.6 is 11.8 Å². The molecular formula is C20H29FN6OS. The highest BCUT2D eigenvalue weighted by molar-refractivity contribution is 7.99. The molecule has 0 saturated carbocycles. The molecule has 0 bridgehead atoms. The number of hydrazine groups is 1. The third-order valence-electron chi connectivity index (χ3n) is 5.15. The van der Waals surface area contributed by atoms with Gasteiger partial charge < -0.3 is 9.47 Å². The van der Waals surface area contributed by atoms with Gasteiger partial charge in [-0.3, -0.25) is 15.6 Å². The van der Waals surface area contributed by atoms with Crippen LogP contribution in [0.25, 0.3) is 0 Å². The van der Waals surface area contributed by atoms with Crippen LogP contribution < -0.4 is 10.9 Å². The number of nitrogens with one attached hydrogen (secondary N) is 2. The van der Waals surface area contributed by atoms with E-state index in [1.165, 1.54) is 23.9 Å². The number of nitrogens with zero attached hydrogens (tertiary/aromatic N) is 4. The van der Waals surface area contributed by atoms with E-state index in [4.69, 9.17) is 0 Å². The first-order valence-electron chi connectivity index (χ1n) is 9.97. The fraction of sp³-hybridized carbons (Fsp3) is 0.550. The summed E-state index contributed by atoms with van der Waals surface area (Å²) < 4.78 is 15.0. The van der Waals surface area contributed by atoms with Crippen molar-refractivity contribution in [2.45, 2.75) is 56.4 Å². The first-order valence-corrected chi connectivity index (χ1v) is 11.0. The molecule has 1 aliphatic rings. The monoisotopic (exact) mass is 420 g/mol. The van der Waals surface area contributed by atoms with Crippen molar-refractivity contribution in [3.05, 3.63) is 42.0 Å². The Bertz CT molecular complexity index is 797. The summed E-state index contributed by atoms with van der Waals surface area (Å²) in [6.45, 7) is 4.84. The Morgan fingerprint density at radius 1 is 1.34 bits per heavy atom. The maximum Gasteiger partial charge on any atom is 0.232 e. The first-order chi connectivity index (χ1) is 13.9. The van der Waals surface area contributed by atoms with E-state index in [2.05, 4.69) is 34.9 Å². The average molecular weight is 421 g/mol. The minimum atomic E-state index is -0.216. The summed E-state index contributed by atoms with van der Waals surface area (Å²) in [6, 6.07) is 7.43. The van der Waals surface area contributed by atoms with Crippen LogP contribution in [0.3, 0.4) is 0 Å². The van der Waals surface area contributed by atoms with Gasteiger partial charge in [-0.15, -0.1) is 10.2 Å². The molecule has 1 aromatic heterocycles. The van der Waals surface area contributed by atoms with Crippen LogP contribution in [0.5, 0.6) is 0 Å². The number of benzene rings is 1. The van der Waals surface area contributed by atoms with E-state index >= 15 is 0 Å². The van der Waals surface area contributed by atoms with Gasteiger partial charge in [-0.05, 0) is 50.8 Å². The molecule has 1 amide bonds. The second-order valence-electron chi connectivity index (χ2n) is 7.69. The van der Waals surface area contributed by atoms with Crippen LogP contribution in [0.2, 0.25) is 0 Å². The van der Waals surface area contributed by atoms with Crippen molar-refractivity contribution in [3.8, 4) is 0 Å². The van der Waals surface area contributed by atoms with E-state index in [1.807, 2.05) is 23.7 Å². The third-order valence-corrected chi connectivity index (χ3v) is 6.09. The van der Waals surface area contributed by atoms with Crippen molar-refractivity contribution in [3.63, 3.8) is 0 Å². The minimum absolute atomic E-state index is 0.0926. The fourth-order valence-electron chi connectivity index (χ4n) is 3.35. The highest BCUT2D eigenvalue weighted by atomic mass is 32.2. The Hall–Kier alpha value is -1.97. The molecule has 29 heavy (non-hydrogen) atoms. The quantitative estimate of drug-likeness (QED) is 0.608. The van der Waals surface area contributed by atoms with Crippen LogP contribution in [0, 0.1) is 5.82 Å². The molecule has 1 aliphatic heterocycles. The number of amides is 1. The summed E-state index contributed by atoms with van der Waals surface area (Å²) in [5, 5.41) is 8.79. The van der Waals surface area contributed by atoms with Gasteiger partial charge in [-0.1, -0.05) is 23.9 Å². The zero-order chi connectivity index (χ0) is 20.8. The number of thioether (sulfide) groups is 1. The predicted molar refractivity (Wildman–Crippen MR) is 112 cm³/mol. The molecule has 0 aliphatic carbocycles. The molecule has 1 aromatic carbocycles. The second-order valence-corrected chi connectivity index (χ2v) is 8.63. The molecule has 0 spiro atoms. The standard InChI is InChI=1S/C20H29FN6OS/c1-14(2)27-13-22-25-20(27)29-12-19(28)26(3)10-4-5-17-11-18(24-23-17)15-6-8-16(21)9-7-15/h6-9,13-14,17-18,23-24H,4-5,10-12H2,1-3H3. The molecule has 1 fully saturated rings. The van der Waals surface area contributed by atoms with E-state index in [1.54, 1.807) is 11.2 Å². The molecule has 2 atom stereocenters. The molecule has 2 unspecified atom stereocenters. The number of aromatic nitrogens is 3. The van der Waals surface area contributed by atoms with Gasteiger partial charge in [0.05, 0.1) is 5.75 Å². The van der Waals surface area contributed by atoms with E-state index < -0.39 is 0 Å². The number of halogens is 1. The predicted octanol–water partition coefficient (Wildman–Crippen LogP) is 2.94. The topological polar surface area (TPSA) is 75.1 Å². The zero-order valence-electron chi connectivity index (χ0n) is 17.1. The number of rotatable bonds is 9. The Kier molecular flexibility index (Phi) is 7.63. The summed E-state index contributed by atoms with van der Waals surface area (Å²) >= 11 is 1.43. The fourth-order valence-corrected chi connectivity index (χ4v) is 4.34. The van der Waals surface area contributed by atoms with Crippen molar-refractivity contribution in [1.29, 1.82) is 0 Å². The minimum Gasteiger partial charge on any atom is -0.345 e. The van der Waals surface area contributed by atoms with E-state index in [0.717, 1.165) is 36.5 Å². The molecule has 7 nitrogen and oxygen atoms in total. The maximum absolute atomic E-state index is 13.1. The number of hydrogen-bond donors (Lipinski definition) is 2. The summed E-state index contributed by atoms with van der Waals surface area (Å²) in [5.41, 5.74) is 7.68. The largest absolute Gasteiger partial charge is 0.345 e. The molecule has 9 heteroatoms. The molecule has 3 rings (SSSR count). The molecule has 2 aromatic rings. The molecule has 1 saturated heterocycles. The van der Waals surface area contributed by atoms with Crippen molar-refractivity contribution in [2.75, 3.05) is 19.3 Å². The van der Waals surface area contributed by atoms with Crippen molar-refractivity contribution in [2.24, 2.45) is 0 Å². The van der Waals surface area contributed by atoms with Crippen LogP contribution in [0.4, 0.5) is 4.39 Å². The normalized spacial score (nSPS) is 19.1. The van der Waals surface area contributed by atoms with Gasteiger partial charge in [0.1, 0.15) is 12.1 Å². The van der Waals surface area contributed by atoms with Gasteiger partial charge in [0.2, 0.25) is 5.91 Å². The number of carbonyl (C=O) groups is 1. The van der Waals surface area contributed by atoms with E-state index in [-0.39, 0.29) is 23.8 Å². The molecule has 0 radical (unpaired) electrons. The van der Waals surface area contributed by atoms with Crippen molar-refractivity contribution < 1.29 is 9.18 Å². The van der Waals surface area contributed by atoms with Gasteiger partial charge >= 0.3 is 0 Å². The van der Waals surface area contributed by atoms with Crippen LogP contribution in [0.1, 0.15) is 50.8 Å². The SMILES string of the molecule is CC(C)n1cnnc1SCC(=O)N(C)CCCC1CC(c2ccc(F)cc2)NN1. The summed E-state index contributed by atoms with van der Waals surface area (Å²) in [4.78, 5) is 14.2. The molecular weight excluding hydrogens is 391 g/mol. The smallest absolute Gasteiger partial charge is 0.232 e. The molecule has 2 heterocycles. The Balaban J connectivity index is 1.36. The molecule has 2 N–H and O–H groups in total. The lowest BCUT2D eigenvalue weighted by molar-refractivity contribution is -0.127. The Morgan fingerprint density at radius 3 is 2.83 bits per heavy atom. The Labute approximate surface area is 175 Å². The second kappa shape index (κ2) is 10.2.